The van der Waals surface area contributed by atoms with Crippen LogP contribution in [0.4, 0.5) is 0 Å². The molecule has 6 heteroatoms. The van der Waals surface area contributed by atoms with E-state index in [9.17, 15) is 9.59 Å². The van der Waals surface area contributed by atoms with Gasteiger partial charge in [0, 0.05) is 0 Å². The first kappa shape index (κ1) is 12.5. The molecule has 0 aromatic carbocycles. The number of rotatable bonds is 7. The average molecular weight is 218 g/mol. The molecule has 0 rings (SSSR count). The second kappa shape index (κ2) is 9.55. The van der Waals surface area contributed by atoms with Crippen molar-refractivity contribution in [2.45, 2.75) is 17.9 Å². The second-order valence-corrected chi connectivity index (χ2v) is 4.55. The van der Waals surface area contributed by atoms with Crippen molar-refractivity contribution in [2.24, 2.45) is 9.98 Å². The molecule has 4 nitrogen and oxygen atoms in total. The highest BCUT2D eigenvalue weighted by Gasteiger charge is 2.05. The van der Waals surface area contributed by atoms with Crippen LogP contribution in [0.3, 0.4) is 0 Å². The predicted molar refractivity (Wildman–Crippen MR) is 55.2 cm³/mol. The van der Waals surface area contributed by atoms with E-state index in [1.54, 1.807) is 23.5 Å². The van der Waals surface area contributed by atoms with E-state index < -0.39 is 0 Å². The summed E-state index contributed by atoms with van der Waals surface area (Å²) in [5.74, 6) is 0.833. The lowest BCUT2D eigenvalue weighted by Gasteiger charge is -2.09. The Morgan fingerprint density at radius 1 is 1.15 bits per heavy atom. The summed E-state index contributed by atoms with van der Waals surface area (Å²) >= 11 is 3.08. The molecule has 0 radical (unpaired) electrons. The van der Waals surface area contributed by atoms with Gasteiger partial charge in [-0.2, -0.15) is 9.98 Å². The summed E-state index contributed by atoms with van der Waals surface area (Å²) in [6.07, 6.45) is 3.89. The van der Waals surface area contributed by atoms with Gasteiger partial charge in [-0.05, 0) is 6.42 Å². The molecule has 0 aromatic rings. The SMILES string of the molecule is CCC(SCN=C=O)SCN=C=O. The predicted octanol–water partition coefficient (Wildman–Crippen LogP) is 1.78. The summed E-state index contributed by atoms with van der Waals surface area (Å²) in [6, 6.07) is 0. The third kappa shape index (κ3) is 7.81. The molecule has 0 heterocycles. The van der Waals surface area contributed by atoms with Crippen molar-refractivity contribution < 1.29 is 9.59 Å². The van der Waals surface area contributed by atoms with E-state index in [1.165, 1.54) is 12.2 Å². The van der Waals surface area contributed by atoms with Crippen molar-refractivity contribution in [3.63, 3.8) is 0 Å². The van der Waals surface area contributed by atoms with Gasteiger partial charge < -0.3 is 0 Å². The first-order valence-electron chi connectivity index (χ1n) is 3.65. The van der Waals surface area contributed by atoms with Gasteiger partial charge in [0.1, 0.15) is 0 Å². The Morgan fingerprint density at radius 2 is 1.62 bits per heavy atom. The minimum atomic E-state index is 0.314. The van der Waals surface area contributed by atoms with Gasteiger partial charge in [0.15, 0.2) is 0 Å². The zero-order chi connectivity index (χ0) is 9.94. The third-order valence-corrected chi connectivity index (χ3v) is 3.90. The highest BCUT2D eigenvalue weighted by molar-refractivity contribution is 8.16. The van der Waals surface area contributed by atoms with Crippen molar-refractivity contribution in [1.29, 1.82) is 0 Å². The summed E-state index contributed by atoms with van der Waals surface area (Å²) < 4.78 is 0.314. The van der Waals surface area contributed by atoms with Crippen molar-refractivity contribution in [3.05, 3.63) is 0 Å². The molecule has 0 fully saturated rings. The fraction of sp³-hybridized carbons (Fsp3) is 0.714. The number of aliphatic imine (C=N–C) groups is 2. The van der Waals surface area contributed by atoms with E-state index in [2.05, 4.69) is 9.98 Å². The Kier molecular flexibility index (Phi) is 9.15. The lowest BCUT2D eigenvalue weighted by molar-refractivity contribution is 0.563. The fourth-order valence-electron chi connectivity index (χ4n) is 0.577. The Hall–Kier alpha value is -0.540. The monoisotopic (exact) mass is 218 g/mol. The topological polar surface area (TPSA) is 58.9 Å². The highest BCUT2D eigenvalue weighted by atomic mass is 32.2. The molecule has 0 unspecified atom stereocenters. The summed E-state index contributed by atoms with van der Waals surface area (Å²) in [5.41, 5.74) is 0. The molecule has 0 N–H and O–H groups in total. The van der Waals surface area contributed by atoms with Crippen LogP contribution in [-0.2, 0) is 9.59 Å². The molecule has 0 spiro atoms. The summed E-state index contributed by atoms with van der Waals surface area (Å²) in [4.78, 5) is 26.4. The molecular formula is C7H10N2O2S2. The molecule has 0 aromatic heterocycles. The zero-order valence-electron chi connectivity index (χ0n) is 7.23. The molecule has 0 aliphatic heterocycles. The van der Waals surface area contributed by atoms with E-state index in [4.69, 9.17) is 0 Å². The molecule has 0 aliphatic rings. The van der Waals surface area contributed by atoms with Crippen LogP contribution >= 0.6 is 23.5 Å². The van der Waals surface area contributed by atoms with E-state index in [1.807, 2.05) is 6.92 Å². The minimum absolute atomic E-state index is 0.314. The third-order valence-electron chi connectivity index (χ3n) is 1.11. The zero-order valence-corrected chi connectivity index (χ0v) is 8.86. The number of hydrogen-bond donors (Lipinski definition) is 0. The molecular weight excluding hydrogens is 208 g/mol. The van der Waals surface area contributed by atoms with E-state index in [0.717, 1.165) is 6.42 Å². The summed E-state index contributed by atoms with van der Waals surface area (Å²) in [6.45, 7) is 2.03. The number of carbonyl (C=O) groups excluding carboxylic acids is 2. The molecule has 72 valence electrons. The maximum Gasteiger partial charge on any atom is 0.235 e. The van der Waals surface area contributed by atoms with Crippen LogP contribution in [0.25, 0.3) is 0 Å². The molecule has 0 atom stereocenters. The maximum absolute atomic E-state index is 9.75. The van der Waals surface area contributed by atoms with Crippen molar-refractivity contribution in [1.82, 2.24) is 0 Å². The van der Waals surface area contributed by atoms with Gasteiger partial charge in [0.05, 0.1) is 16.3 Å². The van der Waals surface area contributed by atoms with Gasteiger partial charge in [0.25, 0.3) is 0 Å². The molecule has 0 saturated carbocycles. The Bertz CT molecular complexity index is 201. The van der Waals surface area contributed by atoms with Crippen LogP contribution in [0.5, 0.6) is 0 Å². The van der Waals surface area contributed by atoms with Crippen molar-refractivity contribution >= 4 is 35.7 Å². The van der Waals surface area contributed by atoms with E-state index in [-0.39, 0.29) is 0 Å². The highest BCUT2D eigenvalue weighted by Crippen LogP contribution is 2.26. The average Bonchev–Trinajstić information content (AvgIpc) is 2.16. The van der Waals surface area contributed by atoms with Gasteiger partial charge in [0.2, 0.25) is 12.2 Å². The Balaban J connectivity index is 3.61. The first-order valence-corrected chi connectivity index (χ1v) is 5.75. The quantitative estimate of drug-likeness (QED) is 0.371. The first-order chi connectivity index (χ1) is 6.35. The van der Waals surface area contributed by atoms with Gasteiger partial charge in [-0.25, -0.2) is 9.59 Å². The molecule has 0 amide bonds. The van der Waals surface area contributed by atoms with Gasteiger partial charge in [-0.3, -0.25) is 0 Å². The number of isocyanates is 2. The van der Waals surface area contributed by atoms with Crippen molar-refractivity contribution in [2.75, 3.05) is 11.8 Å². The molecule has 13 heavy (non-hydrogen) atoms. The largest absolute Gasteiger partial charge is 0.235 e. The van der Waals surface area contributed by atoms with Crippen molar-refractivity contribution in [3.8, 4) is 0 Å². The normalized spacial score (nSPS) is 11.2. The Morgan fingerprint density at radius 3 is 1.92 bits per heavy atom. The van der Waals surface area contributed by atoms with Crippen LogP contribution in [0.2, 0.25) is 0 Å². The van der Waals surface area contributed by atoms with Crippen LogP contribution < -0.4 is 0 Å². The number of hydrogen-bond acceptors (Lipinski definition) is 6. The molecule has 0 aliphatic carbocycles. The molecule has 0 bridgehead atoms. The van der Waals surface area contributed by atoms with E-state index >= 15 is 0 Å². The summed E-state index contributed by atoms with van der Waals surface area (Å²) in [5, 5.41) is 0. The minimum Gasteiger partial charge on any atom is -0.211 e. The van der Waals surface area contributed by atoms with Crippen LogP contribution in [0.15, 0.2) is 9.98 Å². The van der Waals surface area contributed by atoms with Gasteiger partial charge in [-0.1, -0.05) is 6.92 Å². The van der Waals surface area contributed by atoms with Gasteiger partial charge in [-0.15, -0.1) is 23.5 Å². The van der Waals surface area contributed by atoms with Crippen LogP contribution in [0.1, 0.15) is 13.3 Å². The maximum atomic E-state index is 9.75. The lowest BCUT2D eigenvalue weighted by Crippen LogP contribution is -1.95. The summed E-state index contributed by atoms with van der Waals surface area (Å²) in [7, 11) is 0. The second-order valence-electron chi connectivity index (χ2n) is 1.93. The smallest absolute Gasteiger partial charge is 0.211 e. The molecule has 0 saturated heterocycles. The van der Waals surface area contributed by atoms with Crippen LogP contribution in [0, 0.1) is 0 Å². The van der Waals surface area contributed by atoms with Gasteiger partial charge >= 0.3 is 0 Å². The fourth-order valence-corrected chi connectivity index (χ4v) is 2.39. The number of thioether (sulfide) groups is 2. The Labute approximate surface area is 85.3 Å². The van der Waals surface area contributed by atoms with Crippen LogP contribution in [-0.4, -0.2) is 28.5 Å². The van der Waals surface area contributed by atoms with E-state index in [0.29, 0.717) is 16.3 Å². The lowest BCUT2D eigenvalue weighted by atomic mass is 10.6. The standard InChI is InChI=1S/C7H10N2O2S2/c1-2-7(12-5-8-3-10)13-6-9-4-11/h7H,2,5-6H2,1H3. The number of nitrogens with zero attached hydrogens (tertiary/aromatic N) is 2.